The zero-order chi connectivity index (χ0) is 31.9. The summed E-state index contributed by atoms with van der Waals surface area (Å²) < 4.78 is 0. The van der Waals surface area contributed by atoms with Crippen molar-refractivity contribution in [2.24, 2.45) is 0 Å². The maximum absolute atomic E-state index is 5.13. The topological polar surface area (TPSA) is 25.8 Å². The van der Waals surface area contributed by atoms with Gasteiger partial charge in [0.05, 0.1) is 11.4 Å². The molecule has 0 amide bonds. The van der Waals surface area contributed by atoms with Crippen molar-refractivity contribution >= 4 is 32.3 Å². The van der Waals surface area contributed by atoms with Crippen LogP contribution in [-0.4, -0.2) is 9.97 Å². The first-order valence-corrected chi connectivity index (χ1v) is 16.3. The molecule has 1 heterocycles. The predicted molar refractivity (Wildman–Crippen MR) is 202 cm³/mol. The number of fused-ring (bicyclic) bond motifs is 4. The molecular formula is C46H30N2. The lowest BCUT2D eigenvalue weighted by atomic mass is 9.89. The van der Waals surface area contributed by atoms with Gasteiger partial charge < -0.3 is 0 Å². The van der Waals surface area contributed by atoms with Crippen LogP contribution in [0.2, 0.25) is 0 Å². The first-order chi connectivity index (χ1) is 23.8. The third kappa shape index (κ3) is 5.01. The molecule has 9 aromatic rings. The monoisotopic (exact) mass is 610 g/mol. The van der Waals surface area contributed by atoms with Crippen LogP contribution in [0.1, 0.15) is 0 Å². The number of hydrogen-bond acceptors (Lipinski definition) is 2. The van der Waals surface area contributed by atoms with E-state index in [0.29, 0.717) is 5.82 Å². The van der Waals surface area contributed by atoms with Crippen LogP contribution in [0.15, 0.2) is 182 Å². The Morgan fingerprint density at radius 2 is 0.771 bits per heavy atom. The Hall–Kier alpha value is -6.38. The minimum Gasteiger partial charge on any atom is -0.228 e. The summed E-state index contributed by atoms with van der Waals surface area (Å²) in [6.07, 6.45) is 0. The van der Waals surface area contributed by atoms with Crippen molar-refractivity contribution in [3.8, 4) is 56.2 Å². The van der Waals surface area contributed by atoms with Gasteiger partial charge in [0.2, 0.25) is 0 Å². The van der Waals surface area contributed by atoms with Gasteiger partial charge >= 0.3 is 0 Å². The molecule has 0 aliphatic rings. The highest BCUT2D eigenvalue weighted by Gasteiger charge is 2.14. The van der Waals surface area contributed by atoms with E-state index in [1.54, 1.807) is 0 Å². The maximum Gasteiger partial charge on any atom is 0.160 e. The molecular weight excluding hydrogens is 581 g/mol. The van der Waals surface area contributed by atoms with E-state index in [9.17, 15) is 0 Å². The Morgan fingerprint density at radius 1 is 0.271 bits per heavy atom. The third-order valence-corrected chi connectivity index (χ3v) is 9.29. The second-order valence-electron chi connectivity index (χ2n) is 12.2. The van der Waals surface area contributed by atoms with Gasteiger partial charge in [0.25, 0.3) is 0 Å². The highest BCUT2D eigenvalue weighted by atomic mass is 14.9. The summed E-state index contributed by atoms with van der Waals surface area (Å²) in [6.45, 7) is 0. The summed E-state index contributed by atoms with van der Waals surface area (Å²) in [6, 6.07) is 64.5. The SMILES string of the molecule is c1ccc(-c2ccc(-c3nc(-c4ccccc4)cc(-c4ccc(-c5c6ccccc6cc6c5ccc5ccccc56)cc4)n3)cc2)cc1. The molecule has 0 spiro atoms. The quantitative estimate of drug-likeness (QED) is 0.143. The van der Waals surface area contributed by atoms with Crippen molar-refractivity contribution in [2.45, 2.75) is 0 Å². The Balaban J connectivity index is 1.17. The zero-order valence-electron chi connectivity index (χ0n) is 26.2. The molecule has 0 aliphatic carbocycles. The maximum atomic E-state index is 5.13. The van der Waals surface area contributed by atoms with E-state index < -0.39 is 0 Å². The smallest absolute Gasteiger partial charge is 0.160 e. The van der Waals surface area contributed by atoms with Gasteiger partial charge in [0.15, 0.2) is 5.82 Å². The third-order valence-electron chi connectivity index (χ3n) is 9.29. The van der Waals surface area contributed by atoms with Gasteiger partial charge in [0.1, 0.15) is 0 Å². The van der Waals surface area contributed by atoms with Gasteiger partial charge in [-0.15, -0.1) is 0 Å². The molecule has 0 saturated heterocycles. The molecule has 1 aromatic heterocycles. The van der Waals surface area contributed by atoms with Crippen molar-refractivity contribution in [3.63, 3.8) is 0 Å². The van der Waals surface area contributed by atoms with Gasteiger partial charge in [-0.1, -0.05) is 170 Å². The van der Waals surface area contributed by atoms with Crippen molar-refractivity contribution < 1.29 is 0 Å². The number of hydrogen-bond donors (Lipinski definition) is 0. The van der Waals surface area contributed by atoms with E-state index in [0.717, 1.165) is 28.1 Å². The van der Waals surface area contributed by atoms with Gasteiger partial charge in [-0.2, -0.15) is 0 Å². The standard InChI is InChI=1S/C46H30N2/c1-3-11-31(12-4-1)32-19-25-37(26-20-32)46-47-43(34-14-5-2-6-15-34)30-44(48-46)35-21-23-36(24-22-35)45-40-18-10-8-16-38(40)29-42-39-17-9-7-13-33(39)27-28-41(42)45/h1-30H. The van der Waals surface area contributed by atoms with Gasteiger partial charge in [-0.3, -0.25) is 0 Å². The molecule has 0 atom stereocenters. The van der Waals surface area contributed by atoms with Crippen LogP contribution in [0.25, 0.3) is 88.5 Å². The number of aromatic nitrogens is 2. The van der Waals surface area contributed by atoms with Crippen LogP contribution >= 0.6 is 0 Å². The molecule has 0 unspecified atom stereocenters. The fourth-order valence-corrected chi connectivity index (χ4v) is 6.86. The normalized spacial score (nSPS) is 11.3. The van der Waals surface area contributed by atoms with E-state index in [1.165, 1.54) is 54.6 Å². The van der Waals surface area contributed by atoms with Gasteiger partial charge in [-0.25, -0.2) is 9.97 Å². The van der Waals surface area contributed by atoms with Crippen molar-refractivity contribution in [1.29, 1.82) is 0 Å². The first kappa shape index (κ1) is 27.9. The van der Waals surface area contributed by atoms with E-state index in [-0.39, 0.29) is 0 Å². The lowest BCUT2D eigenvalue weighted by Gasteiger charge is -2.15. The molecule has 0 bridgehead atoms. The Kier molecular flexibility index (Phi) is 6.84. The van der Waals surface area contributed by atoms with Gasteiger partial charge in [-0.05, 0) is 66.7 Å². The van der Waals surface area contributed by atoms with Crippen LogP contribution in [0.4, 0.5) is 0 Å². The molecule has 48 heavy (non-hydrogen) atoms. The summed E-state index contributed by atoms with van der Waals surface area (Å²) >= 11 is 0. The molecule has 2 heteroatoms. The van der Waals surface area contributed by atoms with Crippen LogP contribution in [-0.2, 0) is 0 Å². The van der Waals surface area contributed by atoms with E-state index >= 15 is 0 Å². The summed E-state index contributed by atoms with van der Waals surface area (Å²) in [7, 11) is 0. The molecule has 0 saturated carbocycles. The average molecular weight is 611 g/mol. The van der Waals surface area contributed by atoms with Crippen LogP contribution in [0.5, 0.6) is 0 Å². The number of rotatable bonds is 5. The summed E-state index contributed by atoms with van der Waals surface area (Å²) in [5, 5.41) is 7.56. The molecule has 0 radical (unpaired) electrons. The van der Waals surface area contributed by atoms with Crippen molar-refractivity contribution in [3.05, 3.63) is 182 Å². The minimum atomic E-state index is 0.710. The lowest BCUT2D eigenvalue weighted by molar-refractivity contribution is 1.18. The molecule has 2 nitrogen and oxygen atoms in total. The molecule has 8 aromatic carbocycles. The zero-order valence-corrected chi connectivity index (χ0v) is 26.2. The summed E-state index contributed by atoms with van der Waals surface area (Å²) in [5.74, 6) is 0.710. The van der Waals surface area contributed by atoms with Gasteiger partial charge in [0, 0.05) is 16.7 Å². The molecule has 0 aliphatic heterocycles. The average Bonchev–Trinajstić information content (AvgIpc) is 3.17. The largest absolute Gasteiger partial charge is 0.228 e. The Labute approximate surface area is 279 Å². The van der Waals surface area contributed by atoms with E-state index in [1.807, 2.05) is 12.1 Å². The first-order valence-electron chi connectivity index (χ1n) is 16.3. The minimum absolute atomic E-state index is 0.710. The molecule has 0 fully saturated rings. The lowest BCUT2D eigenvalue weighted by Crippen LogP contribution is -1.96. The van der Waals surface area contributed by atoms with Crippen molar-refractivity contribution in [2.75, 3.05) is 0 Å². The highest BCUT2D eigenvalue weighted by Crippen LogP contribution is 2.40. The molecule has 0 N–H and O–H groups in total. The van der Waals surface area contributed by atoms with Crippen LogP contribution < -0.4 is 0 Å². The van der Waals surface area contributed by atoms with Crippen LogP contribution in [0.3, 0.4) is 0 Å². The fraction of sp³-hybridized carbons (Fsp3) is 0. The molecule has 9 rings (SSSR count). The van der Waals surface area contributed by atoms with Crippen molar-refractivity contribution in [1.82, 2.24) is 9.97 Å². The second kappa shape index (κ2) is 11.8. The Morgan fingerprint density at radius 3 is 1.48 bits per heavy atom. The highest BCUT2D eigenvalue weighted by molar-refractivity contribution is 6.20. The molecule has 224 valence electrons. The number of nitrogens with zero attached hydrogens (tertiary/aromatic N) is 2. The Bertz CT molecular complexity index is 2570. The van der Waals surface area contributed by atoms with E-state index in [4.69, 9.17) is 9.97 Å². The fourth-order valence-electron chi connectivity index (χ4n) is 6.86. The second-order valence-corrected chi connectivity index (χ2v) is 12.2. The summed E-state index contributed by atoms with van der Waals surface area (Å²) in [4.78, 5) is 10.2. The summed E-state index contributed by atoms with van der Waals surface area (Å²) in [5.41, 5.74) is 9.70. The number of benzene rings is 8. The van der Waals surface area contributed by atoms with E-state index in [2.05, 4.69) is 170 Å². The van der Waals surface area contributed by atoms with Crippen LogP contribution in [0, 0.1) is 0 Å². The predicted octanol–water partition coefficient (Wildman–Crippen LogP) is 12.3.